The van der Waals surface area contributed by atoms with Gasteiger partial charge in [-0.1, -0.05) is 29.3 Å². The van der Waals surface area contributed by atoms with Gasteiger partial charge in [0.1, 0.15) is 0 Å². The summed E-state index contributed by atoms with van der Waals surface area (Å²) in [5.74, 6) is 0. The average Bonchev–Trinajstić information content (AvgIpc) is 2.82. The fourth-order valence-corrected chi connectivity index (χ4v) is 3.01. The Morgan fingerprint density at radius 1 is 1.10 bits per heavy atom. The highest BCUT2D eigenvalue weighted by molar-refractivity contribution is 6.33. The number of nitrogens with zero attached hydrogens (tertiary/aromatic N) is 1. The van der Waals surface area contributed by atoms with Crippen LogP contribution >= 0.6 is 23.2 Å². The molecule has 21 heavy (non-hydrogen) atoms. The van der Waals surface area contributed by atoms with E-state index in [1.807, 2.05) is 18.2 Å². The van der Waals surface area contributed by atoms with Gasteiger partial charge in [-0.25, -0.2) is 0 Å². The molecule has 2 aromatic rings. The highest BCUT2D eigenvalue weighted by Gasteiger charge is 2.22. The maximum absolute atomic E-state index is 10.8. The lowest BCUT2D eigenvalue weighted by atomic mass is 10.1. The van der Waals surface area contributed by atoms with Crippen LogP contribution in [0.3, 0.4) is 0 Å². The molecule has 1 aliphatic carbocycles. The lowest BCUT2D eigenvalue weighted by Gasteiger charge is -2.14. The smallest absolute Gasteiger partial charge is 0.271 e. The molecule has 0 bridgehead atoms. The summed E-state index contributed by atoms with van der Waals surface area (Å²) >= 11 is 12.1. The molecule has 0 heterocycles. The largest absolute Gasteiger partial charge is 0.380 e. The van der Waals surface area contributed by atoms with Crippen LogP contribution in [0.25, 0.3) is 0 Å². The molecule has 6 heteroatoms. The van der Waals surface area contributed by atoms with Crippen molar-refractivity contribution < 1.29 is 4.92 Å². The van der Waals surface area contributed by atoms with Gasteiger partial charge in [0, 0.05) is 23.2 Å². The Morgan fingerprint density at radius 3 is 2.62 bits per heavy atom. The number of nitro groups is 1. The second-order valence-corrected chi connectivity index (χ2v) is 5.93. The Kier molecular flexibility index (Phi) is 3.74. The summed E-state index contributed by atoms with van der Waals surface area (Å²) in [5.41, 5.74) is 3.08. The number of non-ortho nitro benzene ring substituents is 1. The normalized spacial score (nSPS) is 16.6. The first kappa shape index (κ1) is 14.2. The van der Waals surface area contributed by atoms with E-state index in [1.54, 1.807) is 6.07 Å². The standard InChI is InChI=1S/C15H12Cl2N2O2/c16-11-2-1-9-6-12(7-10(9)5-11)18-15-8-13(19(20)21)3-4-14(15)17/h1-5,8,12,18H,6-7H2. The molecule has 1 N–H and O–H groups in total. The van der Waals surface area contributed by atoms with Crippen molar-refractivity contribution in [1.29, 1.82) is 0 Å². The van der Waals surface area contributed by atoms with E-state index in [0.29, 0.717) is 10.7 Å². The van der Waals surface area contributed by atoms with Crippen molar-refractivity contribution in [3.63, 3.8) is 0 Å². The molecular formula is C15H12Cl2N2O2. The highest BCUT2D eigenvalue weighted by atomic mass is 35.5. The van der Waals surface area contributed by atoms with Gasteiger partial charge in [0.25, 0.3) is 5.69 Å². The fraction of sp³-hybridized carbons (Fsp3) is 0.200. The van der Waals surface area contributed by atoms with E-state index in [1.165, 1.54) is 23.3 Å². The Morgan fingerprint density at radius 2 is 1.86 bits per heavy atom. The van der Waals surface area contributed by atoms with Crippen LogP contribution in [0.15, 0.2) is 36.4 Å². The molecule has 3 rings (SSSR count). The number of benzene rings is 2. The highest BCUT2D eigenvalue weighted by Crippen LogP contribution is 2.31. The van der Waals surface area contributed by atoms with E-state index in [2.05, 4.69) is 5.32 Å². The van der Waals surface area contributed by atoms with Gasteiger partial charge in [0.15, 0.2) is 0 Å². The first-order valence-electron chi connectivity index (χ1n) is 6.51. The number of fused-ring (bicyclic) bond motifs is 1. The molecule has 108 valence electrons. The topological polar surface area (TPSA) is 55.2 Å². The Balaban J connectivity index is 1.80. The van der Waals surface area contributed by atoms with Gasteiger partial charge in [-0.05, 0) is 42.2 Å². The molecule has 0 spiro atoms. The maximum Gasteiger partial charge on any atom is 0.271 e. The monoisotopic (exact) mass is 322 g/mol. The third kappa shape index (κ3) is 2.96. The number of halogens is 2. The van der Waals surface area contributed by atoms with Crippen molar-refractivity contribution in [1.82, 2.24) is 0 Å². The quantitative estimate of drug-likeness (QED) is 0.669. The predicted octanol–water partition coefficient (Wildman–Crippen LogP) is 4.48. The number of nitrogens with one attached hydrogen (secondary N) is 1. The number of nitro benzene ring substituents is 1. The van der Waals surface area contributed by atoms with Crippen LogP contribution in [-0.2, 0) is 12.8 Å². The summed E-state index contributed by atoms with van der Waals surface area (Å²) in [4.78, 5) is 10.4. The van der Waals surface area contributed by atoms with Gasteiger partial charge in [-0.15, -0.1) is 0 Å². The number of rotatable bonds is 3. The number of hydrogen-bond donors (Lipinski definition) is 1. The van der Waals surface area contributed by atoms with Gasteiger partial charge < -0.3 is 5.32 Å². The average molecular weight is 323 g/mol. The lowest BCUT2D eigenvalue weighted by molar-refractivity contribution is -0.384. The third-order valence-corrected chi connectivity index (χ3v) is 4.19. The van der Waals surface area contributed by atoms with Crippen LogP contribution in [0.4, 0.5) is 11.4 Å². The lowest BCUT2D eigenvalue weighted by Crippen LogP contribution is -2.19. The van der Waals surface area contributed by atoms with E-state index in [9.17, 15) is 10.1 Å². The van der Waals surface area contributed by atoms with Gasteiger partial charge in [0.2, 0.25) is 0 Å². The summed E-state index contributed by atoms with van der Waals surface area (Å²) in [6, 6.07) is 10.4. The molecule has 0 aromatic heterocycles. The molecule has 0 saturated carbocycles. The minimum absolute atomic E-state index is 0.0282. The van der Waals surface area contributed by atoms with Crippen LogP contribution in [-0.4, -0.2) is 11.0 Å². The van der Waals surface area contributed by atoms with Crippen LogP contribution in [0, 0.1) is 10.1 Å². The first-order chi connectivity index (χ1) is 10.0. The molecule has 0 fully saturated rings. The SMILES string of the molecule is O=[N+]([O-])c1ccc(Cl)c(NC2Cc3ccc(Cl)cc3C2)c1. The van der Waals surface area contributed by atoms with Gasteiger partial charge in [0.05, 0.1) is 15.6 Å². The molecule has 4 nitrogen and oxygen atoms in total. The maximum atomic E-state index is 10.8. The summed E-state index contributed by atoms with van der Waals surface area (Å²) in [5, 5.41) is 15.3. The molecule has 0 saturated heterocycles. The molecule has 1 unspecified atom stereocenters. The molecule has 1 aliphatic rings. The minimum Gasteiger partial charge on any atom is -0.380 e. The van der Waals surface area contributed by atoms with Crippen LogP contribution < -0.4 is 5.32 Å². The fourth-order valence-electron chi connectivity index (χ4n) is 2.65. The molecule has 0 amide bonds. The van der Waals surface area contributed by atoms with Crippen LogP contribution in [0.1, 0.15) is 11.1 Å². The summed E-state index contributed by atoms with van der Waals surface area (Å²) in [7, 11) is 0. The predicted molar refractivity (Wildman–Crippen MR) is 84.4 cm³/mol. The molecular weight excluding hydrogens is 311 g/mol. The molecule has 0 aliphatic heterocycles. The van der Waals surface area contributed by atoms with Crippen molar-refractivity contribution in [3.8, 4) is 0 Å². The summed E-state index contributed by atoms with van der Waals surface area (Å²) in [6.45, 7) is 0. The van der Waals surface area contributed by atoms with E-state index in [-0.39, 0.29) is 11.7 Å². The Hall–Kier alpha value is -1.78. The van der Waals surface area contributed by atoms with Crippen molar-refractivity contribution >= 4 is 34.6 Å². The Bertz CT molecular complexity index is 719. The van der Waals surface area contributed by atoms with Gasteiger partial charge in [-0.2, -0.15) is 0 Å². The number of anilines is 1. The van der Waals surface area contributed by atoms with E-state index < -0.39 is 4.92 Å². The van der Waals surface area contributed by atoms with Gasteiger partial charge >= 0.3 is 0 Å². The Labute approximate surface area is 131 Å². The minimum atomic E-state index is -0.426. The second-order valence-electron chi connectivity index (χ2n) is 5.08. The summed E-state index contributed by atoms with van der Waals surface area (Å²) < 4.78 is 0. The van der Waals surface area contributed by atoms with E-state index >= 15 is 0 Å². The van der Waals surface area contributed by atoms with E-state index in [0.717, 1.165) is 17.9 Å². The van der Waals surface area contributed by atoms with Crippen molar-refractivity contribution in [2.75, 3.05) is 5.32 Å². The summed E-state index contributed by atoms with van der Waals surface area (Å²) in [6.07, 6.45) is 1.68. The van der Waals surface area contributed by atoms with Crippen molar-refractivity contribution in [2.24, 2.45) is 0 Å². The van der Waals surface area contributed by atoms with Gasteiger partial charge in [-0.3, -0.25) is 10.1 Å². The number of hydrogen-bond acceptors (Lipinski definition) is 3. The first-order valence-corrected chi connectivity index (χ1v) is 7.26. The zero-order chi connectivity index (χ0) is 15.0. The van der Waals surface area contributed by atoms with Crippen molar-refractivity contribution in [2.45, 2.75) is 18.9 Å². The van der Waals surface area contributed by atoms with Crippen LogP contribution in [0.2, 0.25) is 10.0 Å². The van der Waals surface area contributed by atoms with Crippen LogP contribution in [0.5, 0.6) is 0 Å². The molecule has 0 radical (unpaired) electrons. The molecule has 2 aromatic carbocycles. The van der Waals surface area contributed by atoms with E-state index in [4.69, 9.17) is 23.2 Å². The zero-order valence-electron chi connectivity index (χ0n) is 11.0. The van der Waals surface area contributed by atoms with Crippen molar-refractivity contribution in [3.05, 3.63) is 67.7 Å². The zero-order valence-corrected chi connectivity index (χ0v) is 12.5. The third-order valence-electron chi connectivity index (χ3n) is 3.62. The molecule has 1 atom stereocenters. The second kappa shape index (κ2) is 5.54.